The Bertz CT molecular complexity index is 652. The van der Waals surface area contributed by atoms with Gasteiger partial charge in [0.25, 0.3) is 5.91 Å². The second-order valence-electron chi connectivity index (χ2n) is 4.03. The first-order valence-corrected chi connectivity index (χ1v) is 5.95. The minimum atomic E-state index is -1.11. The predicted octanol–water partition coefficient (Wildman–Crippen LogP) is 2.09. The third kappa shape index (κ3) is 2.66. The highest BCUT2D eigenvalue weighted by atomic mass is 35.5. The van der Waals surface area contributed by atoms with Crippen LogP contribution in [-0.2, 0) is 4.79 Å². The van der Waals surface area contributed by atoms with Gasteiger partial charge in [-0.15, -0.1) is 0 Å². The highest BCUT2D eigenvalue weighted by molar-refractivity contribution is 6.36. The van der Waals surface area contributed by atoms with E-state index in [1.165, 1.54) is 13.1 Å². The zero-order chi connectivity index (χ0) is 14.0. The molecular formula is C13H11ClN2O3. The van der Waals surface area contributed by atoms with Crippen LogP contribution in [0.5, 0.6) is 0 Å². The fraction of sp³-hybridized carbons (Fsp3) is 0.154. The molecule has 19 heavy (non-hydrogen) atoms. The van der Waals surface area contributed by atoms with Crippen LogP contribution in [0, 0.1) is 0 Å². The molecule has 1 aromatic carbocycles. The summed E-state index contributed by atoms with van der Waals surface area (Å²) in [6.45, 7) is 1.38. The number of pyridine rings is 1. The molecule has 0 radical (unpaired) electrons. The van der Waals surface area contributed by atoms with Crippen LogP contribution < -0.4 is 5.32 Å². The van der Waals surface area contributed by atoms with E-state index in [0.717, 1.165) is 5.39 Å². The van der Waals surface area contributed by atoms with Crippen LogP contribution in [0.3, 0.4) is 0 Å². The van der Waals surface area contributed by atoms with E-state index < -0.39 is 17.9 Å². The van der Waals surface area contributed by atoms with E-state index >= 15 is 0 Å². The second kappa shape index (κ2) is 5.24. The highest BCUT2D eigenvalue weighted by Gasteiger charge is 2.19. The Kier molecular flexibility index (Phi) is 3.66. The van der Waals surface area contributed by atoms with E-state index in [2.05, 4.69) is 10.3 Å². The number of carbonyl (C=O) groups excluding carboxylic acids is 1. The van der Waals surface area contributed by atoms with Gasteiger partial charge in [0.1, 0.15) is 11.7 Å². The van der Waals surface area contributed by atoms with Crippen LogP contribution in [0.15, 0.2) is 30.5 Å². The first kappa shape index (κ1) is 13.3. The summed E-state index contributed by atoms with van der Waals surface area (Å²) in [7, 11) is 0. The largest absolute Gasteiger partial charge is 0.480 e. The van der Waals surface area contributed by atoms with Crippen molar-refractivity contribution >= 4 is 34.2 Å². The maximum Gasteiger partial charge on any atom is 0.325 e. The number of rotatable bonds is 3. The molecule has 1 atom stereocenters. The van der Waals surface area contributed by atoms with Crippen molar-refractivity contribution in [2.75, 3.05) is 0 Å². The number of carbonyl (C=O) groups is 2. The molecule has 0 bridgehead atoms. The minimum Gasteiger partial charge on any atom is -0.480 e. The molecule has 2 N–H and O–H groups in total. The number of hydrogen-bond donors (Lipinski definition) is 2. The van der Waals surface area contributed by atoms with Crippen LogP contribution in [0.25, 0.3) is 10.8 Å². The van der Waals surface area contributed by atoms with Gasteiger partial charge >= 0.3 is 5.97 Å². The fourth-order valence-corrected chi connectivity index (χ4v) is 1.96. The monoisotopic (exact) mass is 278 g/mol. The Hall–Kier alpha value is -2.14. The topological polar surface area (TPSA) is 79.3 Å². The molecule has 0 aliphatic carbocycles. The van der Waals surface area contributed by atoms with Gasteiger partial charge < -0.3 is 10.4 Å². The van der Waals surface area contributed by atoms with Crippen molar-refractivity contribution in [1.82, 2.24) is 10.3 Å². The average Bonchev–Trinajstić information content (AvgIpc) is 2.38. The van der Waals surface area contributed by atoms with Crippen molar-refractivity contribution in [3.63, 3.8) is 0 Å². The molecule has 0 saturated heterocycles. The van der Waals surface area contributed by atoms with Crippen LogP contribution in [0.2, 0.25) is 5.02 Å². The van der Waals surface area contributed by atoms with Gasteiger partial charge in [0.05, 0.1) is 5.02 Å². The number of benzene rings is 1. The second-order valence-corrected chi connectivity index (χ2v) is 4.44. The number of aliphatic carboxylic acids is 1. The number of aromatic nitrogens is 1. The molecule has 0 spiro atoms. The Labute approximate surface area is 114 Å². The van der Waals surface area contributed by atoms with Gasteiger partial charge in [0.2, 0.25) is 0 Å². The Morgan fingerprint density at radius 2 is 2.11 bits per heavy atom. The molecule has 2 rings (SSSR count). The number of hydrogen-bond acceptors (Lipinski definition) is 3. The lowest BCUT2D eigenvalue weighted by atomic mass is 10.1. The summed E-state index contributed by atoms with van der Waals surface area (Å²) in [5.41, 5.74) is 0.121. The van der Waals surface area contributed by atoms with E-state index in [1.807, 2.05) is 0 Å². The van der Waals surface area contributed by atoms with E-state index in [1.54, 1.807) is 24.3 Å². The van der Waals surface area contributed by atoms with Gasteiger partial charge in [-0.05, 0) is 24.4 Å². The van der Waals surface area contributed by atoms with Crippen LogP contribution in [0.1, 0.15) is 17.4 Å². The third-order valence-corrected chi connectivity index (χ3v) is 2.99. The van der Waals surface area contributed by atoms with Crippen molar-refractivity contribution in [1.29, 1.82) is 0 Å². The summed E-state index contributed by atoms with van der Waals surface area (Å²) in [5, 5.41) is 12.8. The van der Waals surface area contributed by atoms with Gasteiger partial charge in [-0.3, -0.25) is 14.6 Å². The maximum absolute atomic E-state index is 12.0. The van der Waals surface area contributed by atoms with Gasteiger partial charge in [0, 0.05) is 11.6 Å². The molecule has 2 aromatic rings. The maximum atomic E-state index is 12.0. The lowest BCUT2D eigenvalue weighted by Gasteiger charge is -2.11. The standard InChI is InChI=1S/C13H11ClN2O3/c1-7(13(18)19)16-12(17)11-10-8(5-6-15-11)3-2-4-9(10)14/h2-7H,1H3,(H,16,17)(H,18,19). The number of carboxylic acid groups (broad SMARTS) is 1. The summed E-state index contributed by atoms with van der Waals surface area (Å²) < 4.78 is 0. The molecular weight excluding hydrogens is 268 g/mol. The molecule has 5 nitrogen and oxygen atoms in total. The van der Waals surface area contributed by atoms with E-state index in [0.29, 0.717) is 10.4 Å². The number of nitrogens with one attached hydrogen (secondary N) is 1. The molecule has 98 valence electrons. The quantitative estimate of drug-likeness (QED) is 0.901. The first-order chi connectivity index (χ1) is 9.00. The highest BCUT2D eigenvalue weighted by Crippen LogP contribution is 2.25. The smallest absolute Gasteiger partial charge is 0.325 e. The Balaban J connectivity index is 2.45. The number of carboxylic acids is 1. The van der Waals surface area contributed by atoms with Gasteiger partial charge in [-0.2, -0.15) is 0 Å². The van der Waals surface area contributed by atoms with Crippen molar-refractivity contribution < 1.29 is 14.7 Å². The molecule has 1 heterocycles. The van der Waals surface area contributed by atoms with Crippen molar-refractivity contribution in [2.45, 2.75) is 13.0 Å². The summed E-state index contributed by atoms with van der Waals surface area (Å²) in [4.78, 5) is 26.8. The van der Waals surface area contributed by atoms with Gasteiger partial charge in [-0.25, -0.2) is 0 Å². The van der Waals surface area contributed by atoms with Crippen molar-refractivity contribution in [3.8, 4) is 0 Å². The summed E-state index contributed by atoms with van der Waals surface area (Å²) in [5.74, 6) is -1.67. The summed E-state index contributed by atoms with van der Waals surface area (Å²) in [6.07, 6.45) is 1.49. The zero-order valence-electron chi connectivity index (χ0n) is 10.1. The van der Waals surface area contributed by atoms with Gasteiger partial charge in [0.15, 0.2) is 0 Å². The van der Waals surface area contributed by atoms with Crippen molar-refractivity contribution in [2.24, 2.45) is 0 Å². The molecule has 0 aliphatic rings. The minimum absolute atomic E-state index is 0.121. The number of amides is 1. The van der Waals surface area contributed by atoms with Crippen LogP contribution in [0.4, 0.5) is 0 Å². The zero-order valence-corrected chi connectivity index (χ0v) is 10.8. The van der Waals surface area contributed by atoms with E-state index in [9.17, 15) is 9.59 Å². The molecule has 1 amide bonds. The summed E-state index contributed by atoms with van der Waals surface area (Å²) in [6, 6.07) is 5.97. The van der Waals surface area contributed by atoms with Gasteiger partial charge in [-0.1, -0.05) is 23.7 Å². The lowest BCUT2D eigenvalue weighted by Crippen LogP contribution is -2.38. The van der Waals surface area contributed by atoms with Crippen molar-refractivity contribution in [3.05, 3.63) is 41.2 Å². The lowest BCUT2D eigenvalue weighted by molar-refractivity contribution is -0.138. The first-order valence-electron chi connectivity index (χ1n) is 5.57. The molecule has 0 aliphatic heterocycles. The predicted molar refractivity (Wildman–Crippen MR) is 71.3 cm³/mol. The van der Waals surface area contributed by atoms with E-state index in [4.69, 9.17) is 16.7 Å². The number of halogens is 1. The SMILES string of the molecule is CC(NC(=O)c1nccc2cccc(Cl)c12)C(=O)O. The molecule has 0 fully saturated rings. The van der Waals surface area contributed by atoms with E-state index in [-0.39, 0.29) is 5.69 Å². The third-order valence-electron chi connectivity index (χ3n) is 2.67. The molecule has 6 heteroatoms. The molecule has 0 saturated carbocycles. The average molecular weight is 279 g/mol. The van der Waals surface area contributed by atoms with Crippen LogP contribution >= 0.6 is 11.6 Å². The molecule has 1 unspecified atom stereocenters. The summed E-state index contributed by atoms with van der Waals surface area (Å²) >= 11 is 6.07. The normalized spacial score (nSPS) is 12.1. The number of fused-ring (bicyclic) bond motifs is 1. The Morgan fingerprint density at radius 1 is 1.37 bits per heavy atom. The molecule has 1 aromatic heterocycles. The van der Waals surface area contributed by atoms with Crippen LogP contribution in [-0.4, -0.2) is 28.0 Å². The Morgan fingerprint density at radius 3 is 2.79 bits per heavy atom. The number of nitrogens with zero attached hydrogens (tertiary/aromatic N) is 1. The fourth-order valence-electron chi connectivity index (χ4n) is 1.69.